The molecule has 0 radical (unpaired) electrons. The van der Waals surface area contributed by atoms with Crippen LogP contribution in [0.4, 0.5) is 10.1 Å². The summed E-state index contributed by atoms with van der Waals surface area (Å²) in [5.41, 5.74) is 2.57. The van der Waals surface area contributed by atoms with E-state index in [2.05, 4.69) is 4.98 Å². The standard InChI is InChI=1S/C19H21FN2O2/c1-4-16(23)22-11-19(2,3)17-15(22)10-13(18(24)21-17)9-12-5-7-14(20)8-6-12/h5-8,10H,4,9,11H2,1-3H3,(H,21,24). The number of hydrogen-bond donors (Lipinski definition) is 1. The molecule has 0 saturated heterocycles. The molecule has 0 fully saturated rings. The molecule has 0 atom stereocenters. The van der Waals surface area contributed by atoms with Crippen molar-refractivity contribution >= 4 is 11.6 Å². The summed E-state index contributed by atoms with van der Waals surface area (Å²) in [6.07, 6.45) is 0.819. The molecule has 0 spiro atoms. The number of benzene rings is 1. The van der Waals surface area contributed by atoms with Crippen molar-refractivity contribution in [2.75, 3.05) is 11.4 Å². The van der Waals surface area contributed by atoms with E-state index in [1.165, 1.54) is 12.1 Å². The molecule has 1 aromatic heterocycles. The highest BCUT2D eigenvalue weighted by molar-refractivity contribution is 5.95. The van der Waals surface area contributed by atoms with Crippen LogP contribution in [0.5, 0.6) is 0 Å². The first-order valence-corrected chi connectivity index (χ1v) is 8.13. The molecule has 3 rings (SSSR count). The van der Waals surface area contributed by atoms with Gasteiger partial charge in [-0.05, 0) is 23.8 Å². The minimum Gasteiger partial charge on any atom is -0.323 e. The van der Waals surface area contributed by atoms with Crippen LogP contribution in [0.25, 0.3) is 0 Å². The average molecular weight is 328 g/mol. The molecule has 0 bridgehead atoms. The lowest BCUT2D eigenvalue weighted by Gasteiger charge is -2.19. The van der Waals surface area contributed by atoms with Crippen molar-refractivity contribution in [3.05, 3.63) is 63.3 Å². The SMILES string of the molecule is CCC(=O)N1CC(C)(C)c2[nH]c(=O)c(Cc3ccc(F)cc3)cc21. The number of carbonyl (C=O) groups excluding carboxylic acids is 1. The van der Waals surface area contributed by atoms with E-state index in [0.717, 1.165) is 16.9 Å². The monoisotopic (exact) mass is 328 g/mol. The third-order valence-electron chi connectivity index (χ3n) is 4.53. The smallest absolute Gasteiger partial charge is 0.251 e. The van der Waals surface area contributed by atoms with Gasteiger partial charge in [0, 0.05) is 36.1 Å². The van der Waals surface area contributed by atoms with E-state index < -0.39 is 0 Å². The Hall–Kier alpha value is -2.43. The van der Waals surface area contributed by atoms with Crippen LogP contribution in [-0.4, -0.2) is 17.4 Å². The zero-order valence-corrected chi connectivity index (χ0v) is 14.1. The third kappa shape index (κ3) is 2.86. The van der Waals surface area contributed by atoms with Crippen molar-refractivity contribution in [2.45, 2.75) is 39.0 Å². The summed E-state index contributed by atoms with van der Waals surface area (Å²) in [6.45, 7) is 6.43. The Bertz CT molecular complexity index is 837. The van der Waals surface area contributed by atoms with Gasteiger partial charge in [0.1, 0.15) is 5.82 Å². The van der Waals surface area contributed by atoms with Crippen LogP contribution in [0.3, 0.4) is 0 Å². The number of nitrogens with one attached hydrogen (secondary N) is 1. The predicted molar refractivity (Wildman–Crippen MR) is 91.9 cm³/mol. The number of pyridine rings is 1. The second-order valence-corrected chi connectivity index (χ2v) is 6.90. The molecule has 2 aromatic rings. The summed E-state index contributed by atoms with van der Waals surface area (Å²) in [7, 11) is 0. The first kappa shape index (κ1) is 16.4. The largest absolute Gasteiger partial charge is 0.323 e. The van der Waals surface area contributed by atoms with Crippen LogP contribution >= 0.6 is 0 Å². The van der Waals surface area contributed by atoms with Gasteiger partial charge in [0.05, 0.1) is 5.69 Å². The Morgan fingerprint density at radius 2 is 1.96 bits per heavy atom. The molecular weight excluding hydrogens is 307 g/mol. The molecule has 4 nitrogen and oxygen atoms in total. The number of aromatic amines is 1. The van der Waals surface area contributed by atoms with E-state index >= 15 is 0 Å². The van der Waals surface area contributed by atoms with Crippen LogP contribution in [-0.2, 0) is 16.6 Å². The molecule has 5 heteroatoms. The fourth-order valence-corrected chi connectivity index (χ4v) is 3.22. The molecule has 0 aliphatic carbocycles. The van der Waals surface area contributed by atoms with E-state index in [4.69, 9.17) is 0 Å². The third-order valence-corrected chi connectivity index (χ3v) is 4.53. The van der Waals surface area contributed by atoms with Gasteiger partial charge in [0.2, 0.25) is 5.91 Å². The maximum absolute atomic E-state index is 13.0. The van der Waals surface area contributed by atoms with Gasteiger partial charge in [0.15, 0.2) is 0 Å². The lowest BCUT2D eigenvalue weighted by Crippen LogP contribution is -2.33. The molecule has 24 heavy (non-hydrogen) atoms. The lowest BCUT2D eigenvalue weighted by atomic mass is 9.91. The van der Waals surface area contributed by atoms with Crippen LogP contribution in [0.1, 0.15) is 44.0 Å². The van der Waals surface area contributed by atoms with Gasteiger partial charge in [-0.25, -0.2) is 4.39 Å². The molecule has 126 valence electrons. The second-order valence-electron chi connectivity index (χ2n) is 6.90. The zero-order valence-electron chi connectivity index (χ0n) is 14.1. The van der Waals surface area contributed by atoms with E-state index in [-0.39, 0.29) is 22.7 Å². The van der Waals surface area contributed by atoms with Crippen molar-refractivity contribution in [2.24, 2.45) is 0 Å². The van der Waals surface area contributed by atoms with Gasteiger partial charge in [-0.15, -0.1) is 0 Å². The number of rotatable bonds is 3. The number of hydrogen-bond acceptors (Lipinski definition) is 2. The van der Waals surface area contributed by atoms with Gasteiger partial charge < -0.3 is 9.88 Å². The van der Waals surface area contributed by atoms with Gasteiger partial charge >= 0.3 is 0 Å². The topological polar surface area (TPSA) is 53.2 Å². The maximum Gasteiger partial charge on any atom is 0.251 e. The van der Waals surface area contributed by atoms with Gasteiger partial charge in [0.25, 0.3) is 5.56 Å². The highest BCUT2D eigenvalue weighted by atomic mass is 19.1. The minimum absolute atomic E-state index is 0.0432. The van der Waals surface area contributed by atoms with Crippen LogP contribution in [0.2, 0.25) is 0 Å². The normalized spacial score (nSPS) is 15.4. The number of nitrogens with zero attached hydrogens (tertiary/aromatic N) is 1. The van der Waals surface area contributed by atoms with Crippen LogP contribution in [0, 0.1) is 5.82 Å². The molecule has 1 aliphatic rings. The first-order valence-electron chi connectivity index (χ1n) is 8.13. The molecule has 1 N–H and O–H groups in total. The number of anilines is 1. The summed E-state index contributed by atoms with van der Waals surface area (Å²) in [6, 6.07) is 7.90. The Morgan fingerprint density at radius 3 is 2.58 bits per heavy atom. The molecule has 0 unspecified atom stereocenters. The second kappa shape index (κ2) is 5.89. The fourth-order valence-electron chi connectivity index (χ4n) is 3.22. The van der Waals surface area contributed by atoms with Gasteiger partial charge in [-0.1, -0.05) is 32.9 Å². The van der Waals surface area contributed by atoms with Crippen molar-refractivity contribution < 1.29 is 9.18 Å². The van der Waals surface area contributed by atoms with Crippen molar-refractivity contribution in [3.63, 3.8) is 0 Å². The van der Waals surface area contributed by atoms with E-state index in [1.54, 1.807) is 23.1 Å². The number of fused-ring (bicyclic) bond motifs is 1. The number of halogens is 1. The van der Waals surface area contributed by atoms with Crippen molar-refractivity contribution in [3.8, 4) is 0 Å². The van der Waals surface area contributed by atoms with Crippen molar-refractivity contribution in [1.29, 1.82) is 0 Å². The Morgan fingerprint density at radius 1 is 1.29 bits per heavy atom. The highest BCUT2D eigenvalue weighted by Crippen LogP contribution is 2.39. The summed E-state index contributed by atoms with van der Waals surface area (Å²) >= 11 is 0. The van der Waals surface area contributed by atoms with Crippen LogP contribution < -0.4 is 10.5 Å². The fraction of sp³-hybridized carbons (Fsp3) is 0.368. The summed E-state index contributed by atoms with van der Waals surface area (Å²) in [5, 5.41) is 0. The molecule has 1 aromatic carbocycles. The average Bonchev–Trinajstić information content (AvgIpc) is 2.80. The summed E-state index contributed by atoms with van der Waals surface area (Å²) in [5.74, 6) is -0.260. The Kier molecular flexibility index (Phi) is 4.03. The number of amides is 1. The number of carbonyl (C=O) groups is 1. The molecule has 0 saturated carbocycles. The van der Waals surface area contributed by atoms with Gasteiger partial charge in [-0.3, -0.25) is 9.59 Å². The van der Waals surface area contributed by atoms with E-state index in [1.807, 2.05) is 20.8 Å². The predicted octanol–water partition coefficient (Wildman–Crippen LogP) is 3.14. The molecule has 1 amide bonds. The zero-order chi connectivity index (χ0) is 17.5. The minimum atomic E-state index is -0.303. The molecule has 2 heterocycles. The maximum atomic E-state index is 13.0. The molecule has 1 aliphatic heterocycles. The number of H-pyrrole nitrogens is 1. The summed E-state index contributed by atoms with van der Waals surface area (Å²) < 4.78 is 13.0. The van der Waals surface area contributed by atoms with Crippen molar-refractivity contribution in [1.82, 2.24) is 4.98 Å². The number of aromatic nitrogens is 1. The Labute approximate surface area is 140 Å². The van der Waals surface area contributed by atoms with Gasteiger partial charge in [-0.2, -0.15) is 0 Å². The quantitative estimate of drug-likeness (QED) is 0.941. The highest BCUT2D eigenvalue weighted by Gasteiger charge is 2.38. The van der Waals surface area contributed by atoms with E-state index in [0.29, 0.717) is 24.9 Å². The Balaban J connectivity index is 2.03. The van der Waals surface area contributed by atoms with Crippen LogP contribution in [0.15, 0.2) is 35.1 Å². The van der Waals surface area contributed by atoms with E-state index in [9.17, 15) is 14.0 Å². The molecular formula is C19H21FN2O2. The lowest BCUT2D eigenvalue weighted by molar-refractivity contribution is -0.118. The first-order chi connectivity index (χ1) is 11.3. The summed E-state index contributed by atoms with van der Waals surface area (Å²) in [4.78, 5) is 29.4.